The van der Waals surface area contributed by atoms with Crippen LogP contribution in [-0.4, -0.2) is 25.2 Å². The zero-order chi connectivity index (χ0) is 13.2. The highest BCUT2D eigenvalue weighted by atomic mass is 16.5. The van der Waals surface area contributed by atoms with Gasteiger partial charge in [0.1, 0.15) is 6.07 Å². The highest BCUT2D eigenvalue weighted by molar-refractivity contribution is 5.97. The van der Waals surface area contributed by atoms with Gasteiger partial charge in [-0.25, -0.2) is 0 Å². The maximum absolute atomic E-state index is 12.2. The molecular weight excluding hydrogens is 230 g/mol. The minimum absolute atomic E-state index is 0.213. The lowest BCUT2D eigenvalue weighted by Gasteiger charge is -2.25. The molecule has 1 aliphatic heterocycles. The summed E-state index contributed by atoms with van der Waals surface area (Å²) in [5.74, 6) is -0.213. The van der Waals surface area contributed by atoms with Crippen molar-refractivity contribution < 1.29 is 9.53 Å². The Morgan fingerprint density at radius 2 is 2.33 bits per heavy atom. The molecular formula is C13H15N3O2. The Labute approximate surface area is 106 Å². The molecule has 2 atom stereocenters. The zero-order valence-electron chi connectivity index (χ0n) is 10.1. The molecule has 2 rings (SSSR count). The third-order valence-electron chi connectivity index (χ3n) is 3.33. The van der Waals surface area contributed by atoms with Gasteiger partial charge in [-0.2, -0.15) is 5.26 Å². The van der Waals surface area contributed by atoms with E-state index in [-0.39, 0.29) is 11.9 Å². The Balaban J connectivity index is 2.20. The van der Waals surface area contributed by atoms with Gasteiger partial charge < -0.3 is 15.8 Å². The number of ether oxygens (including phenoxy) is 1. The van der Waals surface area contributed by atoms with Crippen molar-refractivity contribution in [1.82, 2.24) is 0 Å². The van der Waals surface area contributed by atoms with Crippen LogP contribution in [0.2, 0.25) is 0 Å². The molecule has 0 bridgehead atoms. The Kier molecular flexibility index (Phi) is 3.32. The molecule has 1 amide bonds. The first-order chi connectivity index (χ1) is 8.58. The predicted molar refractivity (Wildman–Crippen MR) is 66.7 cm³/mol. The Morgan fingerprint density at radius 1 is 1.61 bits per heavy atom. The van der Waals surface area contributed by atoms with E-state index in [1.807, 2.05) is 6.07 Å². The van der Waals surface area contributed by atoms with Crippen LogP contribution in [0.5, 0.6) is 0 Å². The van der Waals surface area contributed by atoms with Crippen LogP contribution in [0.15, 0.2) is 24.3 Å². The first-order valence-corrected chi connectivity index (χ1v) is 5.72. The van der Waals surface area contributed by atoms with Crippen molar-refractivity contribution in [3.05, 3.63) is 29.8 Å². The van der Waals surface area contributed by atoms with Crippen LogP contribution in [0, 0.1) is 16.7 Å². The molecule has 0 aliphatic carbocycles. The van der Waals surface area contributed by atoms with Crippen LogP contribution in [0.1, 0.15) is 12.5 Å². The van der Waals surface area contributed by atoms with Gasteiger partial charge in [0.05, 0.1) is 29.9 Å². The normalized spacial score (nSPS) is 26.6. The van der Waals surface area contributed by atoms with Crippen LogP contribution in [-0.2, 0) is 9.53 Å². The summed E-state index contributed by atoms with van der Waals surface area (Å²) >= 11 is 0. The summed E-state index contributed by atoms with van der Waals surface area (Å²) in [7, 11) is 0. The predicted octanol–water partition coefficient (Wildman–Crippen LogP) is 0.861. The number of carbonyl (C=O) groups is 1. The second-order valence-corrected chi connectivity index (χ2v) is 4.65. The fourth-order valence-electron chi connectivity index (χ4n) is 1.88. The molecule has 1 aliphatic rings. The van der Waals surface area contributed by atoms with Crippen LogP contribution in [0.25, 0.3) is 0 Å². The molecule has 5 heteroatoms. The van der Waals surface area contributed by atoms with E-state index < -0.39 is 5.41 Å². The third-order valence-corrected chi connectivity index (χ3v) is 3.33. The SMILES string of the molecule is CC1(C(=O)Nc2ccccc2C#N)COCC1N. The number of anilines is 1. The molecule has 1 saturated heterocycles. The first kappa shape index (κ1) is 12.6. The monoisotopic (exact) mass is 245 g/mol. The number of carbonyl (C=O) groups excluding carboxylic acids is 1. The molecule has 1 fully saturated rings. The zero-order valence-corrected chi connectivity index (χ0v) is 10.1. The average Bonchev–Trinajstić information content (AvgIpc) is 2.71. The fourth-order valence-corrected chi connectivity index (χ4v) is 1.88. The molecule has 5 nitrogen and oxygen atoms in total. The molecule has 3 N–H and O–H groups in total. The number of hydrogen-bond donors (Lipinski definition) is 2. The van der Waals surface area contributed by atoms with E-state index in [9.17, 15) is 4.79 Å². The molecule has 1 aromatic rings. The molecule has 1 heterocycles. The van der Waals surface area contributed by atoms with E-state index in [4.69, 9.17) is 15.7 Å². The Hall–Kier alpha value is -1.90. The van der Waals surface area contributed by atoms with Crippen molar-refractivity contribution >= 4 is 11.6 Å². The quantitative estimate of drug-likeness (QED) is 0.808. The summed E-state index contributed by atoms with van der Waals surface area (Å²) in [5.41, 5.74) is 6.08. The van der Waals surface area contributed by atoms with E-state index in [1.54, 1.807) is 31.2 Å². The number of amides is 1. The van der Waals surface area contributed by atoms with Crippen LogP contribution < -0.4 is 11.1 Å². The maximum atomic E-state index is 12.2. The first-order valence-electron chi connectivity index (χ1n) is 5.72. The number of nitrogens with one attached hydrogen (secondary N) is 1. The molecule has 2 unspecified atom stereocenters. The van der Waals surface area contributed by atoms with E-state index >= 15 is 0 Å². The lowest BCUT2D eigenvalue weighted by Crippen LogP contribution is -2.47. The smallest absolute Gasteiger partial charge is 0.234 e. The summed E-state index contributed by atoms with van der Waals surface area (Å²) in [6.45, 7) is 2.45. The lowest BCUT2D eigenvalue weighted by molar-refractivity contribution is -0.125. The van der Waals surface area contributed by atoms with Gasteiger partial charge >= 0.3 is 0 Å². The van der Waals surface area contributed by atoms with Crippen molar-refractivity contribution in [3.8, 4) is 6.07 Å². The molecule has 18 heavy (non-hydrogen) atoms. The van der Waals surface area contributed by atoms with Gasteiger partial charge in [-0.3, -0.25) is 4.79 Å². The minimum Gasteiger partial charge on any atom is -0.379 e. The summed E-state index contributed by atoms with van der Waals surface area (Å²) in [6, 6.07) is 8.58. The van der Waals surface area contributed by atoms with E-state index in [0.29, 0.717) is 24.5 Å². The molecule has 0 radical (unpaired) electrons. The summed E-state index contributed by atoms with van der Waals surface area (Å²) < 4.78 is 5.24. The summed E-state index contributed by atoms with van der Waals surface area (Å²) in [5, 5.41) is 11.7. The van der Waals surface area contributed by atoms with Crippen LogP contribution in [0.4, 0.5) is 5.69 Å². The second-order valence-electron chi connectivity index (χ2n) is 4.65. The number of nitrogens with zero attached hydrogens (tertiary/aromatic N) is 1. The standard InChI is InChI=1S/C13H15N3O2/c1-13(8-18-7-11(13)15)12(17)16-10-5-3-2-4-9(10)6-14/h2-5,11H,7-8,15H2,1H3,(H,16,17). The summed E-state index contributed by atoms with van der Waals surface area (Å²) in [6.07, 6.45) is 0. The van der Waals surface area contributed by atoms with E-state index in [0.717, 1.165) is 0 Å². The average molecular weight is 245 g/mol. The van der Waals surface area contributed by atoms with Gasteiger partial charge in [0.2, 0.25) is 5.91 Å². The summed E-state index contributed by atoms with van der Waals surface area (Å²) in [4.78, 5) is 12.2. The van der Waals surface area contributed by atoms with E-state index in [1.165, 1.54) is 0 Å². The number of benzene rings is 1. The van der Waals surface area contributed by atoms with Gasteiger partial charge in [0.15, 0.2) is 0 Å². The van der Waals surface area contributed by atoms with Gasteiger partial charge in [-0.1, -0.05) is 12.1 Å². The van der Waals surface area contributed by atoms with Gasteiger partial charge in [0.25, 0.3) is 0 Å². The number of hydrogen-bond acceptors (Lipinski definition) is 4. The third kappa shape index (κ3) is 2.08. The van der Waals surface area contributed by atoms with Gasteiger partial charge in [0, 0.05) is 6.04 Å². The number of nitrogens with two attached hydrogens (primary N) is 1. The van der Waals surface area contributed by atoms with Crippen molar-refractivity contribution in [2.24, 2.45) is 11.1 Å². The Bertz CT molecular complexity index is 509. The van der Waals surface area contributed by atoms with Crippen molar-refractivity contribution in [2.75, 3.05) is 18.5 Å². The Morgan fingerprint density at radius 3 is 2.94 bits per heavy atom. The van der Waals surface area contributed by atoms with Crippen molar-refractivity contribution in [1.29, 1.82) is 5.26 Å². The fraction of sp³-hybridized carbons (Fsp3) is 0.385. The minimum atomic E-state index is -0.747. The number of para-hydroxylation sites is 1. The van der Waals surface area contributed by atoms with Crippen molar-refractivity contribution in [2.45, 2.75) is 13.0 Å². The molecule has 0 saturated carbocycles. The van der Waals surface area contributed by atoms with Crippen LogP contribution >= 0.6 is 0 Å². The highest BCUT2D eigenvalue weighted by Crippen LogP contribution is 2.29. The number of nitriles is 1. The number of rotatable bonds is 2. The lowest BCUT2D eigenvalue weighted by atomic mass is 9.84. The highest BCUT2D eigenvalue weighted by Gasteiger charge is 2.44. The molecule has 0 spiro atoms. The van der Waals surface area contributed by atoms with Crippen molar-refractivity contribution in [3.63, 3.8) is 0 Å². The topological polar surface area (TPSA) is 88.1 Å². The van der Waals surface area contributed by atoms with Crippen LogP contribution in [0.3, 0.4) is 0 Å². The van der Waals surface area contributed by atoms with E-state index in [2.05, 4.69) is 5.32 Å². The largest absolute Gasteiger partial charge is 0.379 e. The second kappa shape index (κ2) is 4.77. The van der Waals surface area contributed by atoms with Gasteiger partial charge in [-0.05, 0) is 19.1 Å². The molecule has 0 aromatic heterocycles. The molecule has 1 aromatic carbocycles. The molecule has 94 valence electrons. The van der Waals surface area contributed by atoms with Gasteiger partial charge in [-0.15, -0.1) is 0 Å². The maximum Gasteiger partial charge on any atom is 0.234 e.